The molecule has 0 aromatic carbocycles. The number of hydrogen-bond donors (Lipinski definition) is 1. The summed E-state index contributed by atoms with van der Waals surface area (Å²) >= 11 is 7.66. The third-order valence-corrected chi connectivity index (χ3v) is 3.67. The highest BCUT2D eigenvalue weighted by atomic mass is 35.5. The number of nitrogens with one attached hydrogen (secondary N) is 1. The Balaban J connectivity index is 1.75. The molecule has 3 nitrogen and oxygen atoms in total. The summed E-state index contributed by atoms with van der Waals surface area (Å²) in [5.41, 5.74) is 1.74. The van der Waals surface area contributed by atoms with Crippen LogP contribution >= 0.6 is 22.9 Å². The van der Waals surface area contributed by atoms with Crippen LogP contribution in [0.15, 0.2) is 5.51 Å². The van der Waals surface area contributed by atoms with E-state index in [0.29, 0.717) is 11.3 Å². The molecule has 1 aromatic rings. The first-order valence-corrected chi connectivity index (χ1v) is 6.30. The number of anilines is 1. The number of halogens is 1. The van der Waals surface area contributed by atoms with Crippen molar-refractivity contribution in [2.24, 2.45) is 5.92 Å². The molecule has 0 bridgehead atoms. The van der Waals surface area contributed by atoms with Gasteiger partial charge in [0.1, 0.15) is 5.51 Å². The number of alkyl halides is 1. The smallest absolute Gasteiger partial charge is 0.205 e. The van der Waals surface area contributed by atoms with Crippen LogP contribution in [0.4, 0.5) is 5.13 Å². The Hall–Kier alpha value is -0.350. The zero-order valence-electron chi connectivity index (χ0n) is 7.95. The Bertz CT molecular complexity index is 265. The largest absolute Gasteiger partial charge is 0.360 e. The van der Waals surface area contributed by atoms with E-state index >= 15 is 0 Å². The summed E-state index contributed by atoms with van der Waals surface area (Å²) in [5, 5.41) is 12.3. The molecule has 0 aliphatic heterocycles. The average Bonchev–Trinajstić information content (AvgIpc) is 2.67. The molecule has 2 unspecified atom stereocenters. The van der Waals surface area contributed by atoms with Crippen molar-refractivity contribution in [3.05, 3.63) is 5.51 Å². The predicted octanol–water partition coefficient (Wildman–Crippen LogP) is 2.75. The highest BCUT2D eigenvalue weighted by molar-refractivity contribution is 7.13. The van der Waals surface area contributed by atoms with E-state index in [1.54, 1.807) is 16.8 Å². The Kier molecular flexibility index (Phi) is 3.59. The first-order chi connectivity index (χ1) is 6.84. The molecule has 0 spiro atoms. The molecular formula is C9H14ClN3S. The van der Waals surface area contributed by atoms with Crippen LogP contribution in [-0.2, 0) is 0 Å². The van der Waals surface area contributed by atoms with Gasteiger partial charge >= 0.3 is 0 Å². The van der Waals surface area contributed by atoms with Crippen molar-refractivity contribution in [1.82, 2.24) is 10.2 Å². The zero-order valence-corrected chi connectivity index (χ0v) is 9.52. The van der Waals surface area contributed by atoms with Crippen molar-refractivity contribution < 1.29 is 0 Å². The number of rotatable bonds is 3. The van der Waals surface area contributed by atoms with Crippen molar-refractivity contribution in [2.45, 2.75) is 31.1 Å². The molecule has 1 saturated carbocycles. The number of hydrogen-bond acceptors (Lipinski definition) is 4. The number of aromatic nitrogens is 2. The molecule has 5 heteroatoms. The Morgan fingerprint density at radius 1 is 1.57 bits per heavy atom. The summed E-state index contributed by atoms with van der Waals surface area (Å²) in [6.45, 7) is 0.985. The fourth-order valence-corrected chi connectivity index (χ4v) is 2.75. The lowest BCUT2D eigenvalue weighted by molar-refractivity contribution is 0.378. The highest BCUT2D eigenvalue weighted by Crippen LogP contribution is 2.28. The minimum atomic E-state index is 0.380. The van der Waals surface area contributed by atoms with E-state index in [9.17, 15) is 0 Å². The monoisotopic (exact) mass is 231 g/mol. The van der Waals surface area contributed by atoms with Gasteiger partial charge in [-0.25, -0.2) is 0 Å². The van der Waals surface area contributed by atoms with Gasteiger partial charge in [0.2, 0.25) is 5.13 Å². The predicted molar refractivity (Wildman–Crippen MR) is 60.0 cm³/mol. The second-order valence-corrected chi connectivity index (χ2v) is 5.21. The number of nitrogens with zero attached hydrogens (tertiary/aromatic N) is 2. The normalized spacial score (nSPS) is 27.5. The summed E-state index contributed by atoms with van der Waals surface area (Å²) < 4.78 is 0. The molecule has 1 fully saturated rings. The quantitative estimate of drug-likeness (QED) is 0.813. The van der Waals surface area contributed by atoms with E-state index in [2.05, 4.69) is 15.5 Å². The van der Waals surface area contributed by atoms with E-state index in [-0.39, 0.29) is 0 Å². The zero-order chi connectivity index (χ0) is 9.80. The fraction of sp³-hybridized carbons (Fsp3) is 0.778. The second-order valence-electron chi connectivity index (χ2n) is 3.75. The van der Waals surface area contributed by atoms with Crippen LogP contribution in [0.1, 0.15) is 25.7 Å². The molecule has 0 radical (unpaired) electrons. The maximum atomic E-state index is 6.12. The lowest BCUT2D eigenvalue weighted by Crippen LogP contribution is -2.22. The van der Waals surface area contributed by atoms with Crippen molar-refractivity contribution in [3.8, 4) is 0 Å². The highest BCUT2D eigenvalue weighted by Gasteiger charge is 2.19. The summed E-state index contributed by atoms with van der Waals surface area (Å²) in [7, 11) is 0. The summed E-state index contributed by atoms with van der Waals surface area (Å²) in [4.78, 5) is 0. The fourth-order valence-electron chi connectivity index (χ4n) is 1.89. The minimum absolute atomic E-state index is 0.380. The van der Waals surface area contributed by atoms with Crippen LogP contribution in [0.2, 0.25) is 0 Å². The SMILES string of the molecule is ClC1CCCC(CNc2nncs2)C1. The topological polar surface area (TPSA) is 37.8 Å². The lowest BCUT2D eigenvalue weighted by atomic mass is 9.89. The van der Waals surface area contributed by atoms with Gasteiger partial charge in [0.25, 0.3) is 0 Å². The molecular weight excluding hydrogens is 218 g/mol. The third kappa shape index (κ3) is 2.82. The molecule has 1 aliphatic rings. The van der Waals surface area contributed by atoms with Gasteiger partial charge in [-0.2, -0.15) is 0 Å². The molecule has 78 valence electrons. The van der Waals surface area contributed by atoms with Crippen LogP contribution in [0.5, 0.6) is 0 Å². The van der Waals surface area contributed by atoms with E-state index in [1.807, 2.05) is 0 Å². The standard InChI is InChI=1S/C9H14ClN3S/c10-8-3-1-2-7(4-8)5-11-9-13-12-6-14-9/h6-8H,1-5H2,(H,11,13). The van der Waals surface area contributed by atoms with Gasteiger partial charge in [0.05, 0.1) is 0 Å². The second kappa shape index (κ2) is 4.94. The average molecular weight is 232 g/mol. The maximum Gasteiger partial charge on any atom is 0.205 e. The van der Waals surface area contributed by atoms with Crippen LogP contribution in [-0.4, -0.2) is 22.1 Å². The van der Waals surface area contributed by atoms with Gasteiger partial charge < -0.3 is 5.32 Å². The molecule has 0 amide bonds. The van der Waals surface area contributed by atoms with Crippen LogP contribution in [0, 0.1) is 5.92 Å². The third-order valence-electron chi connectivity index (χ3n) is 2.62. The maximum absolute atomic E-state index is 6.12. The first kappa shape index (κ1) is 10.2. The molecule has 2 rings (SSSR count). The van der Waals surface area contributed by atoms with Crippen LogP contribution in [0.25, 0.3) is 0 Å². The summed E-state index contributed by atoms with van der Waals surface area (Å²) in [5.74, 6) is 0.704. The molecule has 0 saturated heterocycles. The molecule has 1 heterocycles. The van der Waals surface area contributed by atoms with Gasteiger partial charge in [-0.3, -0.25) is 0 Å². The van der Waals surface area contributed by atoms with E-state index < -0.39 is 0 Å². The van der Waals surface area contributed by atoms with Gasteiger partial charge in [0.15, 0.2) is 0 Å². The van der Waals surface area contributed by atoms with E-state index in [4.69, 9.17) is 11.6 Å². The Labute approximate surface area is 92.9 Å². The van der Waals surface area contributed by atoms with Crippen molar-refractivity contribution >= 4 is 28.1 Å². The summed E-state index contributed by atoms with van der Waals surface area (Å²) in [6.07, 6.45) is 4.86. The molecule has 1 N–H and O–H groups in total. The van der Waals surface area contributed by atoms with E-state index in [0.717, 1.165) is 18.1 Å². The Morgan fingerprint density at radius 3 is 3.21 bits per heavy atom. The Morgan fingerprint density at radius 2 is 2.50 bits per heavy atom. The van der Waals surface area contributed by atoms with Gasteiger partial charge in [0, 0.05) is 11.9 Å². The van der Waals surface area contributed by atoms with Gasteiger partial charge in [-0.15, -0.1) is 21.8 Å². The van der Waals surface area contributed by atoms with Crippen molar-refractivity contribution in [1.29, 1.82) is 0 Å². The van der Waals surface area contributed by atoms with Gasteiger partial charge in [-0.05, 0) is 25.2 Å². The molecule has 2 atom stereocenters. The minimum Gasteiger partial charge on any atom is -0.360 e. The summed E-state index contributed by atoms with van der Waals surface area (Å²) in [6, 6.07) is 0. The van der Waals surface area contributed by atoms with E-state index in [1.165, 1.54) is 19.3 Å². The molecule has 1 aliphatic carbocycles. The molecule has 14 heavy (non-hydrogen) atoms. The molecule has 1 aromatic heterocycles. The van der Waals surface area contributed by atoms with Crippen molar-refractivity contribution in [3.63, 3.8) is 0 Å². The van der Waals surface area contributed by atoms with Crippen LogP contribution < -0.4 is 5.32 Å². The van der Waals surface area contributed by atoms with Crippen LogP contribution in [0.3, 0.4) is 0 Å². The lowest BCUT2D eigenvalue weighted by Gasteiger charge is -2.25. The van der Waals surface area contributed by atoms with Gasteiger partial charge in [-0.1, -0.05) is 17.8 Å². The first-order valence-electron chi connectivity index (χ1n) is 4.98. The van der Waals surface area contributed by atoms with Crippen molar-refractivity contribution in [2.75, 3.05) is 11.9 Å².